The lowest BCUT2D eigenvalue weighted by Gasteiger charge is -2.33. The molecule has 1 aliphatic heterocycles. The Bertz CT molecular complexity index is 1000. The van der Waals surface area contributed by atoms with Crippen molar-refractivity contribution in [3.05, 3.63) is 59.2 Å². The van der Waals surface area contributed by atoms with Crippen LogP contribution >= 0.6 is 0 Å². The molecule has 2 aromatic rings. The van der Waals surface area contributed by atoms with Gasteiger partial charge in [-0.2, -0.15) is 0 Å². The predicted octanol–water partition coefficient (Wildman–Crippen LogP) is 4.06. The summed E-state index contributed by atoms with van der Waals surface area (Å²) >= 11 is 0. The number of benzene rings is 2. The molecule has 1 N–H and O–H groups in total. The quantitative estimate of drug-likeness (QED) is 0.700. The Labute approximate surface area is 179 Å². The standard InChI is InChI=1S/C23H30N2O4S/c1-16-6-5-13-25(15-16)20-10-8-19(9-11-20)18(3)24-30(27,28)21-12-7-17(2)22(14-21)23(26)29-4/h7-12,14,16,18,24H,5-6,13,15H2,1-4H3/t16-,18+/m1/s1. The van der Waals surface area contributed by atoms with Gasteiger partial charge in [0.1, 0.15) is 0 Å². The molecule has 7 heteroatoms. The van der Waals surface area contributed by atoms with Crippen LogP contribution in [0.3, 0.4) is 0 Å². The van der Waals surface area contributed by atoms with Crippen molar-refractivity contribution < 1.29 is 17.9 Å². The van der Waals surface area contributed by atoms with Gasteiger partial charge in [0.05, 0.1) is 17.6 Å². The molecule has 1 fully saturated rings. The molecule has 162 valence electrons. The molecule has 0 bridgehead atoms. The summed E-state index contributed by atoms with van der Waals surface area (Å²) in [7, 11) is -2.52. The van der Waals surface area contributed by atoms with Crippen LogP contribution in [0.1, 0.15) is 54.2 Å². The van der Waals surface area contributed by atoms with Gasteiger partial charge in [0, 0.05) is 24.8 Å². The molecule has 0 aliphatic carbocycles. The highest BCUT2D eigenvalue weighted by molar-refractivity contribution is 7.89. The zero-order chi connectivity index (χ0) is 21.9. The van der Waals surface area contributed by atoms with Crippen LogP contribution in [0.15, 0.2) is 47.4 Å². The Morgan fingerprint density at radius 1 is 1.20 bits per heavy atom. The molecule has 1 saturated heterocycles. The molecule has 0 radical (unpaired) electrons. The number of hydrogen-bond donors (Lipinski definition) is 1. The van der Waals surface area contributed by atoms with Crippen LogP contribution in [0.4, 0.5) is 5.69 Å². The number of carbonyl (C=O) groups is 1. The first-order valence-corrected chi connectivity index (χ1v) is 11.8. The number of aryl methyl sites for hydroxylation is 1. The number of rotatable bonds is 6. The van der Waals surface area contributed by atoms with E-state index < -0.39 is 22.0 Å². The lowest BCUT2D eigenvalue weighted by atomic mass is 9.99. The smallest absolute Gasteiger partial charge is 0.338 e. The maximum atomic E-state index is 12.9. The fourth-order valence-electron chi connectivity index (χ4n) is 3.86. The largest absolute Gasteiger partial charge is 0.465 e. The lowest BCUT2D eigenvalue weighted by Crippen LogP contribution is -2.34. The van der Waals surface area contributed by atoms with Crippen LogP contribution in [-0.4, -0.2) is 34.6 Å². The van der Waals surface area contributed by atoms with E-state index in [2.05, 4.69) is 28.7 Å². The monoisotopic (exact) mass is 430 g/mol. The molecule has 1 heterocycles. The van der Waals surface area contributed by atoms with Crippen molar-refractivity contribution in [2.24, 2.45) is 5.92 Å². The number of ether oxygens (including phenoxy) is 1. The second-order valence-electron chi connectivity index (χ2n) is 8.10. The number of piperidine rings is 1. The highest BCUT2D eigenvalue weighted by atomic mass is 32.2. The summed E-state index contributed by atoms with van der Waals surface area (Å²) in [6.07, 6.45) is 2.47. The first-order chi connectivity index (χ1) is 14.2. The highest BCUT2D eigenvalue weighted by Gasteiger charge is 2.22. The number of anilines is 1. The second kappa shape index (κ2) is 9.18. The van der Waals surface area contributed by atoms with E-state index in [0.29, 0.717) is 11.5 Å². The molecule has 2 aromatic carbocycles. The van der Waals surface area contributed by atoms with Crippen molar-refractivity contribution in [3.8, 4) is 0 Å². The summed E-state index contributed by atoms with van der Waals surface area (Å²) in [5.41, 5.74) is 2.96. The molecule has 3 rings (SSSR count). The van der Waals surface area contributed by atoms with Gasteiger partial charge < -0.3 is 9.64 Å². The van der Waals surface area contributed by atoms with Crippen LogP contribution in [-0.2, 0) is 14.8 Å². The summed E-state index contributed by atoms with van der Waals surface area (Å²) in [5.74, 6) is 0.133. The fourth-order valence-corrected chi connectivity index (χ4v) is 5.12. The third-order valence-corrected chi connectivity index (χ3v) is 7.21. The van der Waals surface area contributed by atoms with E-state index in [4.69, 9.17) is 4.74 Å². The summed E-state index contributed by atoms with van der Waals surface area (Å²) < 4.78 is 33.2. The molecule has 0 spiro atoms. The summed E-state index contributed by atoms with van der Waals surface area (Å²) in [4.78, 5) is 14.3. The molecule has 0 aromatic heterocycles. The van der Waals surface area contributed by atoms with Gasteiger partial charge in [0.15, 0.2) is 0 Å². The summed E-state index contributed by atoms with van der Waals surface area (Å²) in [6.45, 7) is 7.93. The van der Waals surface area contributed by atoms with Gasteiger partial charge in [0.2, 0.25) is 10.0 Å². The van der Waals surface area contributed by atoms with Crippen LogP contribution in [0.25, 0.3) is 0 Å². The summed E-state index contributed by atoms with van der Waals surface area (Å²) in [5, 5.41) is 0. The Morgan fingerprint density at radius 3 is 2.53 bits per heavy atom. The normalized spacial score (nSPS) is 18.1. The molecule has 6 nitrogen and oxygen atoms in total. The van der Waals surface area contributed by atoms with Crippen molar-refractivity contribution in [1.82, 2.24) is 4.72 Å². The average Bonchev–Trinajstić information content (AvgIpc) is 2.73. The molecular weight excluding hydrogens is 400 g/mol. The topological polar surface area (TPSA) is 75.7 Å². The molecule has 30 heavy (non-hydrogen) atoms. The van der Waals surface area contributed by atoms with Crippen LogP contribution in [0.5, 0.6) is 0 Å². The van der Waals surface area contributed by atoms with E-state index in [-0.39, 0.29) is 10.5 Å². The summed E-state index contributed by atoms with van der Waals surface area (Å²) in [6, 6.07) is 12.1. The van der Waals surface area contributed by atoms with E-state index in [1.54, 1.807) is 13.0 Å². The van der Waals surface area contributed by atoms with Gasteiger partial charge in [-0.3, -0.25) is 0 Å². The number of nitrogens with one attached hydrogen (secondary N) is 1. The van der Waals surface area contributed by atoms with Crippen LogP contribution < -0.4 is 9.62 Å². The molecular formula is C23H30N2O4S. The third-order valence-electron chi connectivity index (χ3n) is 5.67. The Hall–Kier alpha value is -2.38. The molecule has 0 amide bonds. The van der Waals surface area contributed by atoms with E-state index >= 15 is 0 Å². The van der Waals surface area contributed by atoms with Gasteiger partial charge in [-0.05, 0) is 68.0 Å². The first kappa shape index (κ1) is 22.3. The van der Waals surface area contributed by atoms with E-state index in [9.17, 15) is 13.2 Å². The highest BCUT2D eigenvalue weighted by Crippen LogP contribution is 2.25. The van der Waals surface area contributed by atoms with Gasteiger partial charge in [-0.25, -0.2) is 17.9 Å². The van der Waals surface area contributed by atoms with Crippen molar-refractivity contribution in [2.45, 2.75) is 44.6 Å². The molecule has 1 aliphatic rings. The number of carbonyl (C=O) groups excluding carboxylic acids is 1. The minimum Gasteiger partial charge on any atom is -0.465 e. The van der Waals surface area contributed by atoms with Gasteiger partial charge in [-0.15, -0.1) is 0 Å². The maximum Gasteiger partial charge on any atom is 0.338 e. The van der Waals surface area contributed by atoms with Crippen molar-refractivity contribution in [1.29, 1.82) is 0 Å². The Kier molecular flexibility index (Phi) is 6.83. The van der Waals surface area contributed by atoms with E-state index in [0.717, 1.165) is 18.7 Å². The predicted molar refractivity (Wildman–Crippen MR) is 118 cm³/mol. The Morgan fingerprint density at radius 2 is 1.90 bits per heavy atom. The zero-order valence-corrected chi connectivity index (χ0v) is 18.8. The van der Waals surface area contributed by atoms with Crippen molar-refractivity contribution in [3.63, 3.8) is 0 Å². The van der Waals surface area contributed by atoms with Crippen molar-refractivity contribution in [2.75, 3.05) is 25.1 Å². The van der Waals surface area contributed by atoms with Crippen LogP contribution in [0.2, 0.25) is 0 Å². The third kappa shape index (κ3) is 5.02. The maximum absolute atomic E-state index is 12.9. The molecule has 0 saturated carbocycles. The Balaban J connectivity index is 1.75. The fraction of sp³-hybridized carbons (Fsp3) is 0.435. The zero-order valence-electron chi connectivity index (χ0n) is 18.0. The van der Waals surface area contributed by atoms with Crippen molar-refractivity contribution >= 4 is 21.7 Å². The number of sulfonamides is 1. The van der Waals surface area contributed by atoms with Gasteiger partial charge in [-0.1, -0.05) is 25.1 Å². The SMILES string of the molecule is COC(=O)c1cc(S(=O)(=O)N[C@@H](C)c2ccc(N3CCC[C@@H](C)C3)cc2)ccc1C. The van der Waals surface area contributed by atoms with E-state index in [1.165, 1.54) is 37.8 Å². The first-order valence-electron chi connectivity index (χ1n) is 10.3. The minimum atomic E-state index is -3.79. The lowest BCUT2D eigenvalue weighted by molar-refractivity contribution is 0.0599. The van der Waals surface area contributed by atoms with E-state index in [1.807, 2.05) is 19.1 Å². The number of methoxy groups -OCH3 is 1. The average molecular weight is 431 g/mol. The van der Waals surface area contributed by atoms with Gasteiger partial charge in [0.25, 0.3) is 0 Å². The second-order valence-corrected chi connectivity index (χ2v) is 9.81. The van der Waals surface area contributed by atoms with Gasteiger partial charge >= 0.3 is 5.97 Å². The van der Waals surface area contributed by atoms with Crippen LogP contribution in [0, 0.1) is 12.8 Å². The number of nitrogens with zero attached hydrogens (tertiary/aromatic N) is 1. The molecule has 2 atom stereocenters. The molecule has 0 unspecified atom stereocenters. The number of esters is 1. The number of hydrogen-bond acceptors (Lipinski definition) is 5. The minimum absolute atomic E-state index is 0.0410.